The molecule has 0 radical (unpaired) electrons. The Bertz CT molecular complexity index is 1010. The van der Waals surface area contributed by atoms with Gasteiger partial charge in [0.1, 0.15) is 6.17 Å². The van der Waals surface area contributed by atoms with Crippen LogP contribution >= 0.6 is 0 Å². The molecule has 0 bridgehead atoms. The van der Waals surface area contributed by atoms with E-state index in [1.165, 1.54) is 6.21 Å². The molecule has 0 aliphatic carbocycles. The monoisotopic (exact) mass is 517 g/mol. The summed E-state index contributed by atoms with van der Waals surface area (Å²) >= 11 is 0. The summed E-state index contributed by atoms with van der Waals surface area (Å²) in [6, 6.07) is 3.80. The Labute approximate surface area is 218 Å². The third-order valence-electron chi connectivity index (χ3n) is 7.93. The minimum atomic E-state index is -2.65. The fraction of sp³-hybridized carbons (Fsp3) is 0.630. The maximum atomic E-state index is 14.3. The number of hydrogen-bond donors (Lipinski definition) is 5. The average Bonchev–Trinajstić information content (AvgIpc) is 2.90. The zero-order chi connectivity index (χ0) is 26.5. The van der Waals surface area contributed by atoms with Gasteiger partial charge in [-0.15, -0.1) is 0 Å². The maximum Gasteiger partial charge on any atom is 0.264 e. The number of benzene rings is 1. The number of aryl methyl sites for hydroxylation is 1. The van der Waals surface area contributed by atoms with E-state index >= 15 is 0 Å². The number of amides is 1. The molecule has 0 saturated carbocycles. The first-order valence-corrected chi connectivity index (χ1v) is 13.4. The number of nitrogens with one attached hydrogen (secondary N) is 4. The van der Waals surface area contributed by atoms with Crippen molar-refractivity contribution in [2.45, 2.75) is 63.6 Å². The van der Waals surface area contributed by atoms with Crippen LogP contribution in [0.25, 0.3) is 0 Å². The van der Waals surface area contributed by atoms with Gasteiger partial charge in [0.2, 0.25) is 5.91 Å². The van der Waals surface area contributed by atoms with Gasteiger partial charge in [0.05, 0.1) is 0 Å². The molecule has 1 amide bonds. The lowest BCUT2D eigenvalue weighted by atomic mass is 9.88. The van der Waals surface area contributed by atoms with Crippen molar-refractivity contribution in [3.8, 4) is 0 Å². The predicted octanol–water partition coefficient (Wildman–Crippen LogP) is 2.46. The van der Waals surface area contributed by atoms with Crippen molar-refractivity contribution in [1.82, 2.24) is 20.9 Å². The van der Waals surface area contributed by atoms with Crippen LogP contribution in [-0.2, 0) is 11.2 Å². The molecule has 0 spiro atoms. The molecule has 0 aromatic heterocycles. The molecule has 1 fully saturated rings. The van der Waals surface area contributed by atoms with Crippen LogP contribution in [0.15, 0.2) is 23.4 Å². The minimum Gasteiger partial charge on any atom is -0.385 e. The van der Waals surface area contributed by atoms with E-state index in [0.717, 1.165) is 61.3 Å². The highest BCUT2D eigenvalue weighted by Crippen LogP contribution is 2.38. The summed E-state index contributed by atoms with van der Waals surface area (Å²) in [4.78, 5) is 16.1. The third kappa shape index (κ3) is 6.13. The Morgan fingerprint density at radius 3 is 2.65 bits per heavy atom. The Morgan fingerprint density at radius 1 is 1.24 bits per heavy atom. The van der Waals surface area contributed by atoms with Gasteiger partial charge >= 0.3 is 0 Å². The molecule has 4 rings (SSSR count). The number of carbonyl (C=O) groups excluding carboxylic acids is 1. The second kappa shape index (κ2) is 12.3. The van der Waals surface area contributed by atoms with Gasteiger partial charge in [0.25, 0.3) is 6.43 Å². The third-order valence-corrected chi connectivity index (χ3v) is 7.93. The molecule has 8 nitrogen and oxygen atoms in total. The number of nitrogens with zero attached hydrogens (tertiary/aromatic N) is 2. The largest absolute Gasteiger partial charge is 0.385 e. The van der Waals surface area contributed by atoms with Gasteiger partial charge in [-0.25, -0.2) is 8.78 Å². The van der Waals surface area contributed by atoms with Gasteiger partial charge in [-0.1, -0.05) is 6.07 Å². The molecule has 1 saturated heterocycles. The van der Waals surface area contributed by atoms with Crippen molar-refractivity contribution >= 4 is 17.8 Å². The van der Waals surface area contributed by atoms with Crippen LogP contribution in [0.1, 0.15) is 61.6 Å². The van der Waals surface area contributed by atoms with E-state index < -0.39 is 18.5 Å². The summed E-state index contributed by atoms with van der Waals surface area (Å²) in [7, 11) is 1.76. The summed E-state index contributed by atoms with van der Waals surface area (Å²) in [6.07, 6.45) is 2.44. The highest BCUT2D eigenvalue weighted by atomic mass is 19.3. The molecular weight excluding hydrogens is 476 g/mol. The smallest absolute Gasteiger partial charge is 0.264 e. The maximum absolute atomic E-state index is 14.3. The number of piperidine rings is 1. The highest BCUT2D eigenvalue weighted by molar-refractivity contribution is 5.74. The number of alkyl halides is 2. The topological polar surface area (TPSA) is 110 Å². The SMILES string of the molecule is CNCC(C=N)c1cc2c(cc1C(F)F)N(C(N)C1=C(NC3CCNCC3)CCN(C(C)=O)C1)CCC2. The van der Waals surface area contributed by atoms with Crippen molar-refractivity contribution in [3.05, 3.63) is 40.1 Å². The van der Waals surface area contributed by atoms with Crippen LogP contribution in [0.4, 0.5) is 14.5 Å². The molecule has 1 aromatic carbocycles. The second-order valence-corrected chi connectivity index (χ2v) is 10.3. The molecule has 3 aliphatic heterocycles. The summed E-state index contributed by atoms with van der Waals surface area (Å²) in [5.74, 6) is -0.411. The highest BCUT2D eigenvalue weighted by Gasteiger charge is 2.33. The molecule has 1 aromatic rings. The van der Waals surface area contributed by atoms with Crippen LogP contribution in [0.2, 0.25) is 0 Å². The number of carbonyl (C=O) groups is 1. The molecule has 3 aliphatic rings. The number of hydrogen-bond acceptors (Lipinski definition) is 7. The minimum absolute atomic E-state index is 0.0107. The standard InChI is InChI=1S/C27H41F2N7O/c1-17(37)35-11-7-24(34-20-5-8-33-9-6-20)23(16-35)27(31)36-10-3-4-18-12-21(19(14-30)15-32-2)22(26(28)29)13-25(18)36/h12-14,19-20,26-27,30,32-34H,3-11,15-16,31H2,1-2H3. The van der Waals surface area contributed by atoms with Crippen molar-refractivity contribution in [3.63, 3.8) is 0 Å². The van der Waals surface area contributed by atoms with Gasteiger partial charge in [-0.05, 0) is 63.0 Å². The zero-order valence-corrected chi connectivity index (χ0v) is 22.0. The lowest BCUT2D eigenvalue weighted by molar-refractivity contribution is -0.128. The summed E-state index contributed by atoms with van der Waals surface area (Å²) in [5.41, 5.74) is 11.2. The lowest BCUT2D eigenvalue weighted by Crippen LogP contribution is -2.52. The molecule has 204 valence electrons. The van der Waals surface area contributed by atoms with E-state index in [2.05, 4.69) is 16.0 Å². The fourth-order valence-corrected chi connectivity index (χ4v) is 5.87. The Balaban J connectivity index is 1.71. The zero-order valence-electron chi connectivity index (χ0n) is 22.0. The van der Waals surface area contributed by atoms with E-state index in [0.29, 0.717) is 44.2 Å². The molecular formula is C27H41F2N7O. The Hall–Kier alpha value is -2.56. The van der Waals surface area contributed by atoms with Gasteiger partial charge in [0.15, 0.2) is 0 Å². The Kier molecular flexibility index (Phi) is 9.15. The number of fused-ring (bicyclic) bond motifs is 1. The number of likely N-dealkylation sites (N-methyl/N-ethyl adjacent to an activating group) is 1. The van der Waals surface area contributed by atoms with E-state index in [4.69, 9.17) is 11.1 Å². The van der Waals surface area contributed by atoms with E-state index in [9.17, 15) is 13.6 Å². The normalized spacial score (nSPS) is 20.6. The first kappa shape index (κ1) is 27.5. The Morgan fingerprint density at radius 2 is 2.00 bits per heavy atom. The van der Waals surface area contributed by atoms with Crippen LogP contribution < -0.4 is 26.6 Å². The quantitative estimate of drug-likeness (QED) is 0.322. The number of anilines is 1. The van der Waals surface area contributed by atoms with Gasteiger partial charge in [-0.3, -0.25) is 4.79 Å². The predicted molar refractivity (Wildman–Crippen MR) is 143 cm³/mol. The van der Waals surface area contributed by atoms with Gasteiger partial charge in [0, 0.05) is 80.2 Å². The number of nitrogens with two attached hydrogens (primary N) is 1. The lowest BCUT2D eigenvalue weighted by Gasteiger charge is -2.42. The van der Waals surface area contributed by atoms with Crippen molar-refractivity contribution in [2.75, 3.05) is 51.2 Å². The first-order chi connectivity index (χ1) is 17.8. The fourth-order valence-electron chi connectivity index (χ4n) is 5.87. The van der Waals surface area contributed by atoms with E-state index in [-0.39, 0.29) is 11.5 Å². The molecule has 3 heterocycles. The van der Waals surface area contributed by atoms with Crippen molar-refractivity contribution in [1.29, 1.82) is 5.41 Å². The van der Waals surface area contributed by atoms with E-state index in [1.807, 2.05) is 15.9 Å². The first-order valence-electron chi connectivity index (χ1n) is 13.4. The molecule has 2 unspecified atom stereocenters. The number of rotatable bonds is 9. The molecule has 6 N–H and O–H groups in total. The second-order valence-electron chi connectivity index (χ2n) is 10.3. The molecule has 10 heteroatoms. The molecule has 2 atom stereocenters. The summed E-state index contributed by atoms with van der Waals surface area (Å²) < 4.78 is 28.5. The summed E-state index contributed by atoms with van der Waals surface area (Å²) in [5, 5.41) is 17.9. The number of halogens is 2. The van der Waals surface area contributed by atoms with Crippen LogP contribution in [0.3, 0.4) is 0 Å². The molecule has 37 heavy (non-hydrogen) atoms. The van der Waals surface area contributed by atoms with Crippen molar-refractivity contribution in [2.24, 2.45) is 5.73 Å². The van der Waals surface area contributed by atoms with Gasteiger partial charge in [-0.2, -0.15) is 0 Å². The van der Waals surface area contributed by atoms with Crippen molar-refractivity contribution < 1.29 is 13.6 Å². The summed E-state index contributed by atoms with van der Waals surface area (Å²) in [6.45, 7) is 5.67. The van der Waals surface area contributed by atoms with Gasteiger partial charge < -0.3 is 36.9 Å². The van der Waals surface area contributed by atoms with Crippen LogP contribution in [0, 0.1) is 5.41 Å². The van der Waals surface area contributed by atoms with Crippen LogP contribution in [0.5, 0.6) is 0 Å². The average molecular weight is 518 g/mol. The van der Waals surface area contributed by atoms with Crippen LogP contribution in [-0.4, -0.2) is 75.5 Å². The van der Waals surface area contributed by atoms with E-state index in [1.54, 1.807) is 20.0 Å².